The van der Waals surface area contributed by atoms with Crippen molar-refractivity contribution in [3.63, 3.8) is 0 Å². The lowest BCUT2D eigenvalue weighted by molar-refractivity contribution is 0.0702. The van der Waals surface area contributed by atoms with E-state index in [1.165, 1.54) is 21.8 Å². The van der Waals surface area contributed by atoms with Crippen LogP contribution in [0.5, 0.6) is 0 Å². The second-order valence-electron chi connectivity index (χ2n) is 4.83. The molecule has 0 spiro atoms. The molecule has 0 saturated carbocycles. The van der Waals surface area contributed by atoms with Gasteiger partial charge in [-0.2, -0.15) is 0 Å². The fraction of sp³-hybridized carbons (Fsp3) is 0.545. The van der Waals surface area contributed by atoms with E-state index in [-0.39, 0.29) is 5.41 Å². The van der Waals surface area contributed by atoms with Gasteiger partial charge in [-0.3, -0.25) is 0 Å². The zero-order chi connectivity index (χ0) is 11.2. The molecule has 2 rings (SSSR count). The third-order valence-corrected chi connectivity index (χ3v) is 4.27. The number of thiophene rings is 1. The van der Waals surface area contributed by atoms with Crippen LogP contribution in [0, 0.1) is 0 Å². The molecular formula is C11H15NO2S. The molecule has 0 aliphatic carbocycles. The molecule has 3 nitrogen and oxygen atoms in total. The van der Waals surface area contributed by atoms with Crippen LogP contribution in [-0.2, 0) is 12.0 Å². The monoisotopic (exact) mass is 225 g/mol. The Morgan fingerprint density at radius 1 is 1.60 bits per heavy atom. The number of hydrogen-bond donors (Lipinski definition) is 1. The Hall–Kier alpha value is -0.870. The first-order chi connectivity index (χ1) is 6.90. The van der Waals surface area contributed by atoms with E-state index >= 15 is 0 Å². The van der Waals surface area contributed by atoms with Crippen LogP contribution in [0.3, 0.4) is 0 Å². The van der Waals surface area contributed by atoms with Gasteiger partial charge >= 0.3 is 5.97 Å². The number of likely N-dealkylation sites (N-methyl/N-ethyl adjacent to an activating group) is 1. The summed E-state index contributed by atoms with van der Waals surface area (Å²) in [6, 6.07) is 1.82. The van der Waals surface area contributed by atoms with E-state index in [4.69, 9.17) is 5.11 Å². The van der Waals surface area contributed by atoms with Crippen molar-refractivity contribution in [2.75, 3.05) is 13.6 Å². The van der Waals surface area contributed by atoms with Gasteiger partial charge in [-0.1, -0.05) is 13.8 Å². The number of fused-ring (bicyclic) bond motifs is 1. The molecule has 82 valence electrons. The minimum atomic E-state index is -0.812. The van der Waals surface area contributed by atoms with Crippen LogP contribution in [0.2, 0.25) is 0 Å². The van der Waals surface area contributed by atoms with Crippen molar-refractivity contribution in [1.29, 1.82) is 0 Å². The van der Waals surface area contributed by atoms with Crippen molar-refractivity contribution in [2.45, 2.75) is 25.8 Å². The molecule has 1 aromatic rings. The summed E-state index contributed by atoms with van der Waals surface area (Å²) in [5.74, 6) is -0.812. The molecule has 0 atom stereocenters. The van der Waals surface area contributed by atoms with Crippen LogP contribution in [0.4, 0.5) is 0 Å². The van der Waals surface area contributed by atoms with Gasteiger partial charge in [0, 0.05) is 23.4 Å². The zero-order valence-corrected chi connectivity index (χ0v) is 10.0. The molecule has 1 aliphatic rings. The van der Waals surface area contributed by atoms with Crippen LogP contribution >= 0.6 is 11.3 Å². The van der Waals surface area contributed by atoms with Crippen molar-refractivity contribution < 1.29 is 9.90 Å². The predicted octanol–water partition coefficient (Wildman–Crippen LogP) is 2.17. The number of rotatable bonds is 1. The van der Waals surface area contributed by atoms with Crippen molar-refractivity contribution in [3.8, 4) is 0 Å². The SMILES string of the molecule is CN1Cc2cc(C(=O)O)sc2C(C)(C)C1. The number of aromatic carboxylic acids is 1. The summed E-state index contributed by atoms with van der Waals surface area (Å²) in [5.41, 5.74) is 1.25. The first kappa shape index (κ1) is 10.6. The normalized spacial score (nSPS) is 19.9. The third kappa shape index (κ3) is 1.79. The van der Waals surface area contributed by atoms with Gasteiger partial charge in [0.15, 0.2) is 0 Å². The lowest BCUT2D eigenvalue weighted by Crippen LogP contribution is -2.38. The topological polar surface area (TPSA) is 40.5 Å². The molecule has 1 aliphatic heterocycles. The van der Waals surface area contributed by atoms with Gasteiger partial charge in [0.2, 0.25) is 0 Å². The average Bonchev–Trinajstić information content (AvgIpc) is 2.46. The fourth-order valence-electron chi connectivity index (χ4n) is 2.32. The summed E-state index contributed by atoms with van der Waals surface area (Å²) in [5, 5.41) is 8.97. The van der Waals surface area contributed by atoms with Crippen LogP contribution in [-0.4, -0.2) is 29.6 Å². The van der Waals surface area contributed by atoms with Gasteiger partial charge in [-0.25, -0.2) is 4.79 Å². The molecule has 0 radical (unpaired) electrons. The van der Waals surface area contributed by atoms with Crippen molar-refractivity contribution in [3.05, 3.63) is 21.4 Å². The predicted molar refractivity (Wildman–Crippen MR) is 60.6 cm³/mol. The maximum absolute atomic E-state index is 10.9. The van der Waals surface area contributed by atoms with E-state index in [2.05, 4.69) is 25.8 Å². The zero-order valence-electron chi connectivity index (χ0n) is 9.20. The summed E-state index contributed by atoms with van der Waals surface area (Å²) in [6.07, 6.45) is 0. The molecule has 4 heteroatoms. The van der Waals surface area contributed by atoms with Gasteiger partial charge in [-0.05, 0) is 18.7 Å². The summed E-state index contributed by atoms with van der Waals surface area (Å²) in [4.78, 5) is 14.8. The summed E-state index contributed by atoms with van der Waals surface area (Å²) in [7, 11) is 2.07. The number of nitrogens with zero attached hydrogens (tertiary/aromatic N) is 1. The van der Waals surface area contributed by atoms with Gasteiger partial charge in [0.25, 0.3) is 0 Å². The highest BCUT2D eigenvalue weighted by molar-refractivity contribution is 7.14. The van der Waals surface area contributed by atoms with E-state index in [0.717, 1.165) is 13.1 Å². The Kier molecular flexibility index (Phi) is 2.35. The Labute approximate surface area is 93.3 Å². The van der Waals surface area contributed by atoms with E-state index in [1.54, 1.807) is 0 Å². The summed E-state index contributed by atoms with van der Waals surface area (Å²) < 4.78 is 0. The van der Waals surface area contributed by atoms with Gasteiger partial charge in [0.05, 0.1) is 0 Å². The number of carboxylic acid groups (broad SMARTS) is 1. The summed E-state index contributed by atoms with van der Waals surface area (Å²) >= 11 is 1.43. The van der Waals surface area contributed by atoms with Crippen LogP contribution < -0.4 is 0 Å². The quantitative estimate of drug-likeness (QED) is 0.796. The molecule has 1 aromatic heterocycles. The molecule has 0 unspecified atom stereocenters. The standard InChI is InChI=1S/C11H15NO2S/c1-11(2)6-12(3)5-7-4-8(10(13)14)15-9(7)11/h4H,5-6H2,1-3H3,(H,13,14). The van der Waals surface area contributed by atoms with Crippen molar-refractivity contribution >= 4 is 17.3 Å². The first-order valence-electron chi connectivity index (χ1n) is 4.95. The number of carboxylic acids is 1. The molecule has 0 fully saturated rings. The molecule has 0 aromatic carbocycles. The highest BCUT2D eigenvalue weighted by atomic mass is 32.1. The number of carbonyl (C=O) groups is 1. The summed E-state index contributed by atoms with van der Waals surface area (Å²) in [6.45, 7) is 6.19. The molecule has 15 heavy (non-hydrogen) atoms. The van der Waals surface area contributed by atoms with Crippen LogP contribution in [0.25, 0.3) is 0 Å². The minimum Gasteiger partial charge on any atom is -0.477 e. The van der Waals surface area contributed by atoms with Crippen molar-refractivity contribution in [2.24, 2.45) is 0 Å². The molecular weight excluding hydrogens is 210 g/mol. The molecule has 1 N–H and O–H groups in total. The fourth-order valence-corrected chi connectivity index (χ4v) is 3.42. The molecule has 0 bridgehead atoms. The van der Waals surface area contributed by atoms with E-state index < -0.39 is 5.97 Å². The molecule has 2 heterocycles. The second kappa shape index (κ2) is 3.32. The largest absolute Gasteiger partial charge is 0.477 e. The van der Waals surface area contributed by atoms with E-state index in [1.807, 2.05) is 6.07 Å². The average molecular weight is 225 g/mol. The Morgan fingerprint density at radius 2 is 2.27 bits per heavy atom. The van der Waals surface area contributed by atoms with E-state index in [9.17, 15) is 4.79 Å². The Morgan fingerprint density at radius 3 is 2.87 bits per heavy atom. The minimum absolute atomic E-state index is 0.0701. The maximum Gasteiger partial charge on any atom is 0.345 e. The molecule has 0 saturated heterocycles. The third-order valence-electron chi connectivity index (χ3n) is 2.74. The maximum atomic E-state index is 10.9. The second-order valence-corrected chi connectivity index (χ2v) is 5.88. The van der Waals surface area contributed by atoms with Crippen LogP contribution in [0.15, 0.2) is 6.07 Å². The smallest absolute Gasteiger partial charge is 0.345 e. The number of hydrogen-bond acceptors (Lipinski definition) is 3. The van der Waals surface area contributed by atoms with E-state index in [0.29, 0.717) is 4.88 Å². The van der Waals surface area contributed by atoms with Gasteiger partial charge in [-0.15, -0.1) is 11.3 Å². The molecule has 0 amide bonds. The highest BCUT2D eigenvalue weighted by Crippen LogP contribution is 2.38. The lowest BCUT2D eigenvalue weighted by Gasteiger charge is -2.35. The van der Waals surface area contributed by atoms with Crippen LogP contribution in [0.1, 0.15) is 34.0 Å². The Bertz CT molecular complexity index is 409. The lowest BCUT2D eigenvalue weighted by atomic mass is 9.85. The van der Waals surface area contributed by atoms with Gasteiger partial charge in [0.1, 0.15) is 4.88 Å². The Balaban J connectivity index is 2.49. The highest BCUT2D eigenvalue weighted by Gasteiger charge is 2.33. The van der Waals surface area contributed by atoms with Gasteiger partial charge < -0.3 is 10.0 Å². The first-order valence-corrected chi connectivity index (χ1v) is 5.77. The van der Waals surface area contributed by atoms with Crippen molar-refractivity contribution in [1.82, 2.24) is 4.90 Å².